The molecule has 5 heteroatoms. The van der Waals surface area contributed by atoms with Crippen LogP contribution < -0.4 is 0 Å². The summed E-state index contributed by atoms with van der Waals surface area (Å²) in [6.45, 7) is 1.46. The van der Waals surface area contributed by atoms with Crippen LogP contribution in [0.25, 0.3) is 11.0 Å². The fourth-order valence-corrected chi connectivity index (χ4v) is 1.50. The summed E-state index contributed by atoms with van der Waals surface area (Å²) < 4.78 is 1.62. The molecule has 0 aliphatic carbocycles. The van der Waals surface area contributed by atoms with E-state index < -0.39 is 0 Å². The monoisotopic (exact) mass is 209 g/mol. The molecule has 0 bridgehead atoms. The number of carbonyl (C=O) groups is 1. The van der Waals surface area contributed by atoms with Crippen molar-refractivity contribution < 1.29 is 4.79 Å². The Balaban J connectivity index is 2.85. The number of Topliss-reactive ketones (excluding diaryl/α,β-unsaturated/α-hetero) is 1. The Labute approximate surface area is 85.5 Å². The number of pyridine rings is 1. The van der Waals surface area contributed by atoms with Crippen molar-refractivity contribution in [3.8, 4) is 0 Å². The van der Waals surface area contributed by atoms with Crippen molar-refractivity contribution in [3.63, 3.8) is 0 Å². The van der Waals surface area contributed by atoms with Gasteiger partial charge in [-0.1, -0.05) is 11.6 Å². The molecule has 2 aromatic heterocycles. The summed E-state index contributed by atoms with van der Waals surface area (Å²) in [5, 5.41) is 4.44. The molecule has 72 valence electrons. The van der Waals surface area contributed by atoms with Crippen molar-refractivity contribution in [2.45, 2.75) is 6.92 Å². The molecule has 0 amide bonds. The van der Waals surface area contributed by atoms with Gasteiger partial charge in [0, 0.05) is 14.0 Å². The molecule has 0 saturated carbocycles. The van der Waals surface area contributed by atoms with E-state index in [1.54, 1.807) is 23.9 Å². The number of nitrogens with zero attached hydrogens (tertiary/aromatic N) is 3. The lowest BCUT2D eigenvalue weighted by Gasteiger charge is -1.92. The van der Waals surface area contributed by atoms with E-state index in [0.29, 0.717) is 16.4 Å². The standard InChI is InChI=1S/C9H8ClN3O/c1-5(14)8-9-6(13(2)12-8)3-4-7(10)11-9/h3-4H,1-2H3. The maximum absolute atomic E-state index is 11.2. The van der Waals surface area contributed by atoms with E-state index in [4.69, 9.17) is 11.6 Å². The van der Waals surface area contributed by atoms with E-state index in [1.165, 1.54) is 6.92 Å². The van der Waals surface area contributed by atoms with Crippen molar-refractivity contribution in [1.82, 2.24) is 14.8 Å². The van der Waals surface area contributed by atoms with Gasteiger partial charge in [-0.25, -0.2) is 4.98 Å². The molecular weight excluding hydrogens is 202 g/mol. The first-order valence-corrected chi connectivity index (χ1v) is 4.47. The lowest BCUT2D eigenvalue weighted by atomic mass is 10.2. The third kappa shape index (κ3) is 1.28. The second-order valence-electron chi connectivity index (χ2n) is 3.03. The van der Waals surface area contributed by atoms with Crippen molar-refractivity contribution in [2.75, 3.05) is 0 Å². The Kier molecular flexibility index (Phi) is 2.00. The van der Waals surface area contributed by atoms with Crippen molar-refractivity contribution in [2.24, 2.45) is 7.05 Å². The lowest BCUT2D eigenvalue weighted by Crippen LogP contribution is -1.96. The molecule has 2 aromatic rings. The van der Waals surface area contributed by atoms with Gasteiger partial charge in [0.15, 0.2) is 11.5 Å². The van der Waals surface area contributed by atoms with Gasteiger partial charge in [0.1, 0.15) is 10.7 Å². The Morgan fingerprint density at radius 3 is 2.86 bits per heavy atom. The molecule has 0 atom stereocenters. The highest BCUT2D eigenvalue weighted by atomic mass is 35.5. The third-order valence-corrected chi connectivity index (χ3v) is 2.21. The molecular formula is C9H8ClN3O. The molecule has 0 unspecified atom stereocenters. The number of aryl methyl sites for hydroxylation is 1. The summed E-state index contributed by atoms with van der Waals surface area (Å²) in [6.07, 6.45) is 0. The van der Waals surface area contributed by atoms with Gasteiger partial charge in [0.05, 0.1) is 5.52 Å². The van der Waals surface area contributed by atoms with Crippen molar-refractivity contribution >= 4 is 28.4 Å². The van der Waals surface area contributed by atoms with Gasteiger partial charge in [-0.3, -0.25) is 9.48 Å². The third-order valence-electron chi connectivity index (χ3n) is 2.00. The summed E-state index contributed by atoms with van der Waals surface area (Å²) >= 11 is 5.75. The van der Waals surface area contributed by atoms with Crippen LogP contribution in [0.2, 0.25) is 5.15 Å². The Hall–Kier alpha value is -1.42. The SMILES string of the molecule is CC(=O)c1nn(C)c2ccc(Cl)nc12. The molecule has 0 N–H and O–H groups in total. The Morgan fingerprint density at radius 2 is 2.21 bits per heavy atom. The number of carbonyl (C=O) groups excluding carboxylic acids is 1. The van der Waals surface area contributed by atoms with Crippen LogP contribution >= 0.6 is 11.6 Å². The maximum atomic E-state index is 11.2. The van der Waals surface area contributed by atoms with Gasteiger partial charge in [-0.05, 0) is 12.1 Å². The topological polar surface area (TPSA) is 47.8 Å². The van der Waals surface area contributed by atoms with E-state index in [2.05, 4.69) is 10.1 Å². The summed E-state index contributed by atoms with van der Waals surface area (Å²) in [6, 6.07) is 3.47. The number of rotatable bonds is 1. The molecule has 0 aromatic carbocycles. The van der Waals surface area contributed by atoms with E-state index in [9.17, 15) is 4.79 Å². The Bertz CT molecular complexity index is 518. The highest BCUT2D eigenvalue weighted by molar-refractivity contribution is 6.29. The first-order chi connectivity index (χ1) is 6.59. The molecule has 0 fully saturated rings. The first kappa shape index (κ1) is 9.15. The van der Waals surface area contributed by atoms with Crippen LogP contribution in [0.15, 0.2) is 12.1 Å². The minimum atomic E-state index is -0.106. The fraction of sp³-hybridized carbons (Fsp3) is 0.222. The van der Waals surface area contributed by atoms with Gasteiger partial charge in [-0.2, -0.15) is 5.10 Å². The highest BCUT2D eigenvalue weighted by Gasteiger charge is 2.13. The summed E-state index contributed by atoms with van der Waals surface area (Å²) in [5.41, 5.74) is 1.73. The Morgan fingerprint density at radius 1 is 1.50 bits per heavy atom. The molecule has 0 spiro atoms. The van der Waals surface area contributed by atoms with Crippen LogP contribution in [0.1, 0.15) is 17.4 Å². The van der Waals surface area contributed by atoms with Gasteiger partial charge < -0.3 is 0 Å². The van der Waals surface area contributed by atoms with Crippen LogP contribution in [0.5, 0.6) is 0 Å². The number of hydrogen-bond donors (Lipinski definition) is 0. The second kappa shape index (κ2) is 3.06. The van der Waals surface area contributed by atoms with Crippen molar-refractivity contribution in [1.29, 1.82) is 0 Å². The van der Waals surface area contributed by atoms with Crippen molar-refractivity contribution in [3.05, 3.63) is 23.0 Å². The molecule has 2 rings (SSSR count). The van der Waals surface area contributed by atoms with Gasteiger partial charge >= 0.3 is 0 Å². The minimum Gasteiger partial charge on any atom is -0.293 e. The largest absolute Gasteiger partial charge is 0.293 e. The highest BCUT2D eigenvalue weighted by Crippen LogP contribution is 2.18. The van der Waals surface area contributed by atoms with Crippen LogP contribution in [-0.2, 0) is 7.05 Å². The maximum Gasteiger partial charge on any atom is 0.182 e. The normalized spacial score (nSPS) is 10.8. The lowest BCUT2D eigenvalue weighted by molar-refractivity contribution is 0.101. The summed E-state index contributed by atoms with van der Waals surface area (Å²) in [4.78, 5) is 15.3. The smallest absolute Gasteiger partial charge is 0.182 e. The van der Waals surface area contributed by atoms with Crippen LogP contribution in [0.3, 0.4) is 0 Å². The predicted molar refractivity (Wildman–Crippen MR) is 53.5 cm³/mol. The number of halogens is 1. The molecule has 0 aliphatic heterocycles. The molecule has 0 saturated heterocycles. The summed E-state index contributed by atoms with van der Waals surface area (Å²) in [7, 11) is 1.77. The number of aromatic nitrogens is 3. The fourth-order valence-electron chi connectivity index (χ4n) is 1.35. The van der Waals surface area contributed by atoms with E-state index >= 15 is 0 Å². The van der Waals surface area contributed by atoms with Crippen LogP contribution in [0.4, 0.5) is 0 Å². The zero-order chi connectivity index (χ0) is 10.3. The molecule has 14 heavy (non-hydrogen) atoms. The van der Waals surface area contributed by atoms with Gasteiger partial charge in [0.25, 0.3) is 0 Å². The van der Waals surface area contributed by atoms with Crippen LogP contribution in [0, 0.1) is 0 Å². The quantitative estimate of drug-likeness (QED) is 0.532. The van der Waals surface area contributed by atoms with E-state index in [1.807, 2.05) is 0 Å². The zero-order valence-corrected chi connectivity index (χ0v) is 8.54. The second-order valence-corrected chi connectivity index (χ2v) is 3.42. The summed E-state index contributed by atoms with van der Waals surface area (Å²) in [5.74, 6) is -0.106. The predicted octanol–water partition coefficient (Wildman–Crippen LogP) is 1.82. The number of fused-ring (bicyclic) bond motifs is 1. The molecule has 4 nitrogen and oxygen atoms in total. The zero-order valence-electron chi connectivity index (χ0n) is 7.78. The first-order valence-electron chi connectivity index (χ1n) is 4.10. The number of hydrogen-bond acceptors (Lipinski definition) is 3. The minimum absolute atomic E-state index is 0.106. The molecule has 0 aliphatic rings. The average molecular weight is 210 g/mol. The number of ketones is 1. The molecule has 2 heterocycles. The van der Waals surface area contributed by atoms with Crippen LogP contribution in [-0.4, -0.2) is 20.5 Å². The molecule has 0 radical (unpaired) electrons. The average Bonchev–Trinajstić information content (AvgIpc) is 2.43. The van der Waals surface area contributed by atoms with E-state index in [0.717, 1.165) is 5.52 Å². The van der Waals surface area contributed by atoms with Gasteiger partial charge in [-0.15, -0.1) is 0 Å². The van der Waals surface area contributed by atoms with E-state index in [-0.39, 0.29) is 5.78 Å². The van der Waals surface area contributed by atoms with Gasteiger partial charge in [0.2, 0.25) is 0 Å².